The first kappa shape index (κ1) is 13.2. The van der Waals surface area contributed by atoms with Crippen LogP contribution in [0.4, 0.5) is 0 Å². The molecule has 4 heteroatoms. The molecule has 0 aliphatic rings. The molecule has 3 aromatic rings. The molecule has 3 rings (SSSR count). The van der Waals surface area contributed by atoms with Gasteiger partial charge >= 0.3 is 0 Å². The Hall–Kier alpha value is -2.75. The summed E-state index contributed by atoms with van der Waals surface area (Å²) < 4.78 is 0. The first-order valence-corrected chi connectivity index (χ1v) is 6.73. The Kier molecular flexibility index (Phi) is 3.36. The number of rotatable bonds is 3. The lowest BCUT2D eigenvalue weighted by atomic mass is 10.1. The molecule has 0 atom stereocenters. The van der Waals surface area contributed by atoms with Crippen LogP contribution in [0.1, 0.15) is 27.3 Å². The van der Waals surface area contributed by atoms with E-state index in [1.807, 2.05) is 13.0 Å². The zero-order valence-electron chi connectivity index (χ0n) is 11.7. The van der Waals surface area contributed by atoms with E-state index in [1.165, 1.54) is 0 Å². The fourth-order valence-electron chi connectivity index (χ4n) is 2.31. The van der Waals surface area contributed by atoms with Crippen molar-refractivity contribution in [1.29, 1.82) is 0 Å². The number of primary amides is 1. The van der Waals surface area contributed by atoms with Crippen molar-refractivity contribution < 1.29 is 4.79 Å². The van der Waals surface area contributed by atoms with E-state index in [4.69, 9.17) is 5.73 Å². The molecule has 0 saturated carbocycles. The molecule has 0 aliphatic heterocycles. The molecule has 0 radical (unpaired) electrons. The van der Waals surface area contributed by atoms with E-state index in [0.29, 0.717) is 12.0 Å². The molecule has 1 amide bonds. The highest BCUT2D eigenvalue weighted by molar-refractivity contribution is 5.92. The smallest absolute Gasteiger partial charge is 0.248 e. The summed E-state index contributed by atoms with van der Waals surface area (Å²) in [7, 11) is 0. The Bertz CT molecular complexity index is 827. The highest BCUT2D eigenvalue weighted by Crippen LogP contribution is 2.17. The number of benzene rings is 1. The summed E-state index contributed by atoms with van der Waals surface area (Å²) in [6, 6.07) is 13.6. The van der Waals surface area contributed by atoms with Crippen LogP contribution in [-0.2, 0) is 6.42 Å². The zero-order chi connectivity index (χ0) is 14.8. The van der Waals surface area contributed by atoms with Crippen molar-refractivity contribution in [3.63, 3.8) is 0 Å². The number of nitrogens with two attached hydrogens (primary N) is 1. The van der Waals surface area contributed by atoms with Crippen LogP contribution in [0.15, 0.2) is 48.7 Å². The molecule has 0 bridgehead atoms. The minimum Gasteiger partial charge on any atom is -0.366 e. The molecular weight excluding hydrogens is 262 g/mol. The molecule has 0 saturated heterocycles. The van der Waals surface area contributed by atoms with Gasteiger partial charge in [0.05, 0.1) is 5.52 Å². The number of fused-ring (bicyclic) bond motifs is 1. The molecule has 0 unspecified atom stereocenters. The summed E-state index contributed by atoms with van der Waals surface area (Å²) in [5.74, 6) is -0.436. The monoisotopic (exact) mass is 277 g/mol. The number of hydrogen-bond donors (Lipinski definition) is 1. The fourth-order valence-corrected chi connectivity index (χ4v) is 2.31. The second-order valence-corrected chi connectivity index (χ2v) is 5.06. The van der Waals surface area contributed by atoms with Gasteiger partial charge in [-0.2, -0.15) is 0 Å². The minimum atomic E-state index is -0.436. The molecule has 4 nitrogen and oxygen atoms in total. The molecule has 1 aromatic carbocycles. The predicted octanol–water partition coefficient (Wildman–Crippen LogP) is 2.63. The van der Waals surface area contributed by atoms with Crippen molar-refractivity contribution in [2.75, 3.05) is 0 Å². The molecular formula is C17H15N3O. The van der Waals surface area contributed by atoms with Crippen LogP contribution in [0.25, 0.3) is 10.9 Å². The molecule has 2 heterocycles. The van der Waals surface area contributed by atoms with Gasteiger partial charge in [0.15, 0.2) is 0 Å². The van der Waals surface area contributed by atoms with Gasteiger partial charge in [0.25, 0.3) is 0 Å². The van der Waals surface area contributed by atoms with Gasteiger partial charge in [0.2, 0.25) is 5.91 Å². The number of nitrogens with zero attached hydrogens (tertiary/aromatic N) is 2. The standard InChI is InChI=1S/C17H15N3O/c1-11-2-4-13-5-3-12(9-16(13)20-11)8-15-10-14(17(18)21)6-7-19-15/h2-7,9-10H,8H2,1H3,(H2,18,21). The number of amides is 1. The van der Waals surface area contributed by atoms with Crippen molar-refractivity contribution in [3.8, 4) is 0 Å². The van der Waals surface area contributed by atoms with E-state index < -0.39 is 5.91 Å². The lowest BCUT2D eigenvalue weighted by Gasteiger charge is -2.05. The summed E-state index contributed by atoms with van der Waals surface area (Å²) in [6.45, 7) is 1.98. The largest absolute Gasteiger partial charge is 0.366 e. The van der Waals surface area contributed by atoms with Gasteiger partial charge in [0, 0.05) is 35.0 Å². The maximum absolute atomic E-state index is 11.2. The molecule has 104 valence electrons. The first-order valence-electron chi connectivity index (χ1n) is 6.73. The highest BCUT2D eigenvalue weighted by atomic mass is 16.1. The Morgan fingerprint density at radius 1 is 1.14 bits per heavy atom. The van der Waals surface area contributed by atoms with E-state index in [9.17, 15) is 4.79 Å². The molecule has 21 heavy (non-hydrogen) atoms. The minimum absolute atomic E-state index is 0.436. The number of carbonyl (C=O) groups is 1. The summed E-state index contributed by atoms with van der Waals surface area (Å²) in [5, 5.41) is 1.11. The Morgan fingerprint density at radius 2 is 1.95 bits per heavy atom. The second kappa shape index (κ2) is 5.32. The normalized spacial score (nSPS) is 10.7. The van der Waals surface area contributed by atoms with Crippen LogP contribution in [-0.4, -0.2) is 15.9 Å². The zero-order valence-corrected chi connectivity index (χ0v) is 11.7. The fraction of sp³-hybridized carbons (Fsp3) is 0.118. The van der Waals surface area contributed by atoms with Crippen molar-refractivity contribution in [2.45, 2.75) is 13.3 Å². The first-order chi connectivity index (χ1) is 10.1. The van der Waals surface area contributed by atoms with Crippen LogP contribution < -0.4 is 5.73 Å². The summed E-state index contributed by atoms with van der Waals surface area (Å²) in [5.41, 5.74) is 9.66. The molecule has 0 aliphatic carbocycles. The van der Waals surface area contributed by atoms with Gasteiger partial charge in [-0.15, -0.1) is 0 Å². The summed E-state index contributed by atoms with van der Waals surface area (Å²) in [6.07, 6.45) is 2.26. The van der Waals surface area contributed by atoms with E-state index in [-0.39, 0.29) is 0 Å². The number of pyridine rings is 2. The molecule has 0 spiro atoms. The lowest BCUT2D eigenvalue weighted by Crippen LogP contribution is -2.11. The van der Waals surface area contributed by atoms with Crippen LogP contribution in [0.3, 0.4) is 0 Å². The van der Waals surface area contributed by atoms with Gasteiger partial charge in [-0.25, -0.2) is 0 Å². The third-order valence-corrected chi connectivity index (χ3v) is 3.38. The van der Waals surface area contributed by atoms with E-state index in [1.54, 1.807) is 18.3 Å². The van der Waals surface area contributed by atoms with E-state index >= 15 is 0 Å². The SMILES string of the molecule is Cc1ccc2ccc(Cc3cc(C(N)=O)ccn3)cc2n1. The maximum atomic E-state index is 11.2. The molecule has 2 N–H and O–H groups in total. The Morgan fingerprint density at radius 3 is 2.76 bits per heavy atom. The third-order valence-electron chi connectivity index (χ3n) is 3.38. The number of aryl methyl sites for hydroxylation is 1. The molecule has 0 fully saturated rings. The predicted molar refractivity (Wildman–Crippen MR) is 82.0 cm³/mol. The Balaban J connectivity index is 1.94. The van der Waals surface area contributed by atoms with Gasteiger partial charge in [-0.05, 0) is 36.8 Å². The number of carbonyl (C=O) groups excluding carboxylic acids is 1. The quantitative estimate of drug-likeness (QED) is 0.800. The van der Waals surface area contributed by atoms with Gasteiger partial charge in [-0.3, -0.25) is 14.8 Å². The summed E-state index contributed by atoms with van der Waals surface area (Å²) in [4.78, 5) is 20.0. The van der Waals surface area contributed by atoms with Crippen LogP contribution in [0, 0.1) is 6.92 Å². The maximum Gasteiger partial charge on any atom is 0.248 e. The van der Waals surface area contributed by atoms with E-state index in [2.05, 4.69) is 34.2 Å². The molecule has 2 aromatic heterocycles. The van der Waals surface area contributed by atoms with Crippen LogP contribution >= 0.6 is 0 Å². The summed E-state index contributed by atoms with van der Waals surface area (Å²) >= 11 is 0. The Labute approximate surface area is 122 Å². The van der Waals surface area contributed by atoms with Crippen molar-refractivity contribution >= 4 is 16.8 Å². The third kappa shape index (κ3) is 2.89. The van der Waals surface area contributed by atoms with Crippen molar-refractivity contribution in [2.24, 2.45) is 5.73 Å². The van der Waals surface area contributed by atoms with Gasteiger partial charge < -0.3 is 5.73 Å². The van der Waals surface area contributed by atoms with Crippen molar-refractivity contribution in [1.82, 2.24) is 9.97 Å². The van der Waals surface area contributed by atoms with Crippen molar-refractivity contribution in [3.05, 3.63) is 71.2 Å². The van der Waals surface area contributed by atoms with E-state index in [0.717, 1.165) is 27.9 Å². The topological polar surface area (TPSA) is 68.9 Å². The number of aromatic nitrogens is 2. The van der Waals surface area contributed by atoms with Crippen LogP contribution in [0.2, 0.25) is 0 Å². The average Bonchev–Trinajstić information content (AvgIpc) is 2.47. The van der Waals surface area contributed by atoms with Gasteiger partial charge in [-0.1, -0.05) is 18.2 Å². The highest BCUT2D eigenvalue weighted by Gasteiger charge is 2.05. The number of hydrogen-bond acceptors (Lipinski definition) is 3. The van der Waals surface area contributed by atoms with Gasteiger partial charge in [0.1, 0.15) is 0 Å². The average molecular weight is 277 g/mol. The second-order valence-electron chi connectivity index (χ2n) is 5.06. The lowest BCUT2D eigenvalue weighted by molar-refractivity contribution is 0.1000. The van der Waals surface area contributed by atoms with Crippen LogP contribution in [0.5, 0.6) is 0 Å².